The van der Waals surface area contributed by atoms with E-state index in [-0.39, 0.29) is 24.7 Å². The van der Waals surface area contributed by atoms with Gasteiger partial charge in [-0.3, -0.25) is 9.59 Å². The van der Waals surface area contributed by atoms with Gasteiger partial charge in [-0.05, 0) is 12.0 Å². The fourth-order valence-electron chi connectivity index (χ4n) is 1.79. The van der Waals surface area contributed by atoms with Crippen LogP contribution in [-0.2, 0) is 14.4 Å². The maximum atomic E-state index is 11.8. The van der Waals surface area contributed by atoms with Gasteiger partial charge in [-0.1, -0.05) is 30.3 Å². The van der Waals surface area contributed by atoms with E-state index in [1.165, 1.54) is 4.90 Å². The third-order valence-electron chi connectivity index (χ3n) is 2.98. The van der Waals surface area contributed by atoms with Crippen LogP contribution in [0, 0.1) is 0 Å². The highest BCUT2D eigenvalue weighted by Gasteiger charge is 2.21. The number of amides is 2. The molecule has 6 nitrogen and oxygen atoms in total. The lowest BCUT2D eigenvalue weighted by Gasteiger charge is -2.15. The Labute approximate surface area is 123 Å². The number of aliphatic carboxylic acids is 1. The minimum Gasteiger partial charge on any atom is -0.479 e. The maximum Gasteiger partial charge on any atom is 0.330 e. The van der Waals surface area contributed by atoms with Crippen LogP contribution in [0.4, 0.5) is 0 Å². The molecule has 21 heavy (non-hydrogen) atoms. The minimum absolute atomic E-state index is 0.0550. The zero-order valence-electron chi connectivity index (χ0n) is 12.2. The molecule has 114 valence electrons. The summed E-state index contributed by atoms with van der Waals surface area (Å²) in [6, 6.07) is 7.43. The number of carboxylic acid groups (broad SMARTS) is 1. The molecule has 0 saturated carbocycles. The van der Waals surface area contributed by atoms with Crippen LogP contribution in [0.1, 0.15) is 30.9 Å². The van der Waals surface area contributed by atoms with Crippen molar-refractivity contribution < 1.29 is 19.5 Å². The molecule has 2 N–H and O–H groups in total. The van der Waals surface area contributed by atoms with Gasteiger partial charge in [-0.15, -0.1) is 0 Å². The number of carbonyl (C=O) groups is 3. The molecule has 0 aliphatic rings. The lowest BCUT2D eigenvalue weighted by Crippen LogP contribution is -2.33. The van der Waals surface area contributed by atoms with E-state index in [9.17, 15) is 19.5 Å². The lowest BCUT2D eigenvalue weighted by molar-refractivity contribution is -0.142. The van der Waals surface area contributed by atoms with Crippen molar-refractivity contribution in [3.8, 4) is 0 Å². The van der Waals surface area contributed by atoms with Crippen molar-refractivity contribution in [3.63, 3.8) is 0 Å². The molecule has 0 fully saturated rings. The first-order valence-corrected chi connectivity index (χ1v) is 6.69. The van der Waals surface area contributed by atoms with Crippen LogP contribution < -0.4 is 5.32 Å². The van der Waals surface area contributed by atoms with Crippen LogP contribution in [0.3, 0.4) is 0 Å². The van der Waals surface area contributed by atoms with E-state index in [0.29, 0.717) is 12.0 Å². The van der Waals surface area contributed by atoms with Crippen molar-refractivity contribution in [2.75, 3.05) is 14.1 Å². The summed E-state index contributed by atoms with van der Waals surface area (Å²) < 4.78 is 0. The number of nitrogens with one attached hydrogen (secondary N) is 1. The smallest absolute Gasteiger partial charge is 0.330 e. The molecule has 0 aromatic heterocycles. The Bertz CT molecular complexity index is 500. The van der Waals surface area contributed by atoms with Gasteiger partial charge in [-0.2, -0.15) is 0 Å². The number of hydrogen-bond donors (Lipinski definition) is 2. The predicted molar refractivity (Wildman–Crippen MR) is 77.5 cm³/mol. The number of benzene rings is 1. The second kappa shape index (κ2) is 8.04. The summed E-state index contributed by atoms with van der Waals surface area (Å²) in [5.74, 6) is -1.54. The zero-order chi connectivity index (χ0) is 15.8. The monoisotopic (exact) mass is 292 g/mol. The van der Waals surface area contributed by atoms with Gasteiger partial charge in [0.2, 0.25) is 11.8 Å². The van der Waals surface area contributed by atoms with Crippen molar-refractivity contribution in [1.29, 1.82) is 0 Å². The summed E-state index contributed by atoms with van der Waals surface area (Å²) in [7, 11) is 3.30. The van der Waals surface area contributed by atoms with Gasteiger partial charge >= 0.3 is 5.97 Å². The molecule has 2 amide bonds. The summed E-state index contributed by atoms with van der Waals surface area (Å²) in [5.41, 5.74) is 0.516. The summed E-state index contributed by atoms with van der Waals surface area (Å²) in [6.07, 6.45) is 0.781. The Morgan fingerprint density at radius 2 is 1.76 bits per heavy atom. The minimum atomic E-state index is -1.11. The molecule has 0 radical (unpaired) electrons. The molecule has 0 bridgehead atoms. The molecule has 0 aliphatic heterocycles. The number of nitrogens with zero attached hydrogens (tertiary/aromatic N) is 1. The van der Waals surface area contributed by atoms with Gasteiger partial charge in [-0.25, -0.2) is 4.79 Å². The predicted octanol–water partition coefficient (Wildman–Crippen LogP) is 1.19. The molecule has 1 atom stereocenters. The quantitative estimate of drug-likeness (QED) is 0.790. The van der Waals surface area contributed by atoms with Crippen molar-refractivity contribution in [3.05, 3.63) is 35.9 Å². The average molecular weight is 292 g/mol. The standard InChI is InChI=1S/C15H20N2O4/c1-17(2)13(19)10-6-9-12(18)16-14(15(20)21)11-7-4-3-5-8-11/h3-5,7-8,14H,6,9-10H2,1-2H3,(H,16,18)(H,20,21). The van der Waals surface area contributed by atoms with E-state index in [0.717, 1.165) is 0 Å². The van der Waals surface area contributed by atoms with Gasteiger partial charge in [0.1, 0.15) is 0 Å². The van der Waals surface area contributed by atoms with Crippen LogP contribution in [0.25, 0.3) is 0 Å². The maximum absolute atomic E-state index is 11.8. The number of carboxylic acids is 1. The largest absolute Gasteiger partial charge is 0.479 e. The SMILES string of the molecule is CN(C)C(=O)CCCC(=O)NC(C(=O)O)c1ccccc1. The molecule has 1 unspecified atom stereocenters. The first-order chi connectivity index (χ1) is 9.91. The highest BCUT2D eigenvalue weighted by molar-refractivity contribution is 5.85. The van der Waals surface area contributed by atoms with Crippen molar-refractivity contribution in [2.45, 2.75) is 25.3 Å². The van der Waals surface area contributed by atoms with Crippen LogP contribution in [0.2, 0.25) is 0 Å². The first-order valence-electron chi connectivity index (χ1n) is 6.69. The molecule has 1 rings (SSSR count). The number of rotatable bonds is 7. The highest BCUT2D eigenvalue weighted by atomic mass is 16.4. The number of hydrogen-bond acceptors (Lipinski definition) is 3. The normalized spacial score (nSPS) is 11.5. The topological polar surface area (TPSA) is 86.7 Å². The van der Waals surface area contributed by atoms with Gasteiger partial charge in [0.15, 0.2) is 6.04 Å². The van der Waals surface area contributed by atoms with Gasteiger partial charge in [0, 0.05) is 26.9 Å². The highest BCUT2D eigenvalue weighted by Crippen LogP contribution is 2.13. The Hall–Kier alpha value is -2.37. The molecule has 0 saturated heterocycles. The van der Waals surface area contributed by atoms with Crippen LogP contribution in [-0.4, -0.2) is 41.9 Å². The van der Waals surface area contributed by atoms with Crippen molar-refractivity contribution in [1.82, 2.24) is 10.2 Å². The van der Waals surface area contributed by atoms with E-state index < -0.39 is 12.0 Å². The van der Waals surface area contributed by atoms with Crippen LogP contribution in [0.15, 0.2) is 30.3 Å². The van der Waals surface area contributed by atoms with Crippen LogP contribution in [0.5, 0.6) is 0 Å². The molecular formula is C15H20N2O4. The number of carbonyl (C=O) groups excluding carboxylic acids is 2. The van der Waals surface area contributed by atoms with Gasteiger partial charge in [0.25, 0.3) is 0 Å². The second-order valence-electron chi connectivity index (χ2n) is 4.89. The van der Waals surface area contributed by atoms with E-state index in [4.69, 9.17) is 0 Å². The average Bonchev–Trinajstić information content (AvgIpc) is 2.45. The molecule has 0 heterocycles. The van der Waals surface area contributed by atoms with Crippen molar-refractivity contribution >= 4 is 17.8 Å². The zero-order valence-corrected chi connectivity index (χ0v) is 12.2. The second-order valence-corrected chi connectivity index (χ2v) is 4.89. The molecule has 1 aromatic rings. The van der Waals surface area contributed by atoms with Crippen LogP contribution >= 0.6 is 0 Å². The van der Waals surface area contributed by atoms with Crippen molar-refractivity contribution in [2.24, 2.45) is 0 Å². The fourth-order valence-corrected chi connectivity index (χ4v) is 1.79. The molecule has 1 aromatic carbocycles. The Morgan fingerprint density at radius 3 is 2.29 bits per heavy atom. The molecular weight excluding hydrogens is 272 g/mol. The Morgan fingerprint density at radius 1 is 1.14 bits per heavy atom. The van der Waals surface area contributed by atoms with E-state index >= 15 is 0 Å². The summed E-state index contributed by atoms with van der Waals surface area (Å²) >= 11 is 0. The lowest BCUT2D eigenvalue weighted by atomic mass is 10.1. The van der Waals surface area contributed by atoms with E-state index in [2.05, 4.69) is 5.32 Å². The fraction of sp³-hybridized carbons (Fsp3) is 0.400. The Kier molecular flexibility index (Phi) is 6.39. The molecule has 0 spiro atoms. The van der Waals surface area contributed by atoms with E-state index in [1.54, 1.807) is 44.4 Å². The molecule has 0 aliphatic carbocycles. The van der Waals surface area contributed by atoms with Gasteiger partial charge < -0.3 is 15.3 Å². The summed E-state index contributed by atoms with van der Waals surface area (Å²) in [5, 5.41) is 11.7. The summed E-state index contributed by atoms with van der Waals surface area (Å²) in [4.78, 5) is 35.9. The third-order valence-corrected chi connectivity index (χ3v) is 2.98. The Balaban J connectivity index is 2.51. The van der Waals surface area contributed by atoms with Gasteiger partial charge in [0.05, 0.1) is 0 Å². The van der Waals surface area contributed by atoms with E-state index in [1.807, 2.05) is 0 Å². The third kappa shape index (κ3) is 5.64. The molecule has 6 heteroatoms. The first kappa shape index (κ1) is 16.7. The summed E-state index contributed by atoms with van der Waals surface area (Å²) in [6.45, 7) is 0.